The number of allylic oxidation sites excluding steroid dienone is 1. The highest BCUT2D eigenvalue weighted by Crippen LogP contribution is 2.53. The lowest BCUT2D eigenvalue weighted by molar-refractivity contribution is -0.178. The van der Waals surface area contributed by atoms with E-state index >= 15 is 0 Å². The number of rotatable bonds is 9. The molecule has 9 heteroatoms. The number of ether oxygens (including phenoxy) is 2. The quantitative estimate of drug-likeness (QED) is 0.299. The van der Waals surface area contributed by atoms with Gasteiger partial charge in [-0.25, -0.2) is 14.6 Å². The van der Waals surface area contributed by atoms with E-state index in [1.807, 2.05) is 0 Å². The van der Waals surface area contributed by atoms with Crippen molar-refractivity contribution in [2.45, 2.75) is 66.1 Å². The SMILES string of the molecule is CC(C)C(=O)O[C@@H](OC(=O)NCC(=O)C[P+](O)(O)C=C1CCCCC1)C(C)C. The predicted molar refractivity (Wildman–Crippen MR) is 106 cm³/mol. The van der Waals surface area contributed by atoms with Crippen molar-refractivity contribution in [3.8, 4) is 0 Å². The number of Topliss-reactive ketones (excluding diaryl/α,β-unsaturated/α-hetero) is 1. The Kier molecular flexibility index (Phi) is 10.1. The summed E-state index contributed by atoms with van der Waals surface area (Å²) in [7, 11) is -3.47. The zero-order valence-electron chi connectivity index (χ0n) is 17.1. The summed E-state index contributed by atoms with van der Waals surface area (Å²) in [5.41, 5.74) is 0.983. The maximum Gasteiger partial charge on any atom is 0.410 e. The maximum absolute atomic E-state index is 12.0. The van der Waals surface area contributed by atoms with Crippen molar-refractivity contribution in [1.29, 1.82) is 0 Å². The Hall–Kier alpha value is -1.50. The van der Waals surface area contributed by atoms with Gasteiger partial charge in [-0.3, -0.25) is 9.59 Å². The maximum atomic E-state index is 12.0. The molecule has 1 fully saturated rings. The molecule has 0 aromatic carbocycles. The number of amides is 1. The van der Waals surface area contributed by atoms with Crippen LogP contribution >= 0.6 is 7.72 Å². The van der Waals surface area contributed by atoms with Crippen LogP contribution in [0.25, 0.3) is 0 Å². The van der Waals surface area contributed by atoms with E-state index in [9.17, 15) is 24.2 Å². The third-order valence-electron chi connectivity index (χ3n) is 4.20. The Morgan fingerprint density at radius 2 is 1.68 bits per heavy atom. The number of hydrogen-bond donors (Lipinski definition) is 3. The highest BCUT2D eigenvalue weighted by molar-refractivity contribution is 7.68. The van der Waals surface area contributed by atoms with Crippen LogP contribution in [0.3, 0.4) is 0 Å². The second-order valence-electron chi connectivity index (χ2n) is 7.79. The average molecular weight is 418 g/mol. The minimum absolute atomic E-state index is 0.264. The molecule has 0 bridgehead atoms. The lowest BCUT2D eigenvalue weighted by Gasteiger charge is -2.22. The first-order valence-corrected chi connectivity index (χ1v) is 11.7. The van der Waals surface area contributed by atoms with Crippen LogP contribution in [-0.2, 0) is 19.1 Å². The number of alkyl carbamates (subject to hydrolysis) is 1. The molecular formula is C19H33NO7P+. The molecule has 1 aliphatic carbocycles. The molecule has 8 nitrogen and oxygen atoms in total. The van der Waals surface area contributed by atoms with Crippen molar-refractivity contribution in [2.24, 2.45) is 11.8 Å². The van der Waals surface area contributed by atoms with Gasteiger partial charge < -0.3 is 14.8 Å². The Labute approximate surface area is 167 Å². The lowest BCUT2D eigenvalue weighted by Crippen LogP contribution is -2.38. The minimum atomic E-state index is -3.47. The molecule has 28 heavy (non-hydrogen) atoms. The molecule has 0 unspecified atom stereocenters. The van der Waals surface area contributed by atoms with Crippen molar-refractivity contribution >= 4 is 25.6 Å². The van der Waals surface area contributed by atoms with E-state index in [4.69, 9.17) is 9.47 Å². The minimum Gasteiger partial charge on any atom is -0.425 e. The zero-order chi connectivity index (χ0) is 21.3. The first kappa shape index (κ1) is 24.5. The molecule has 160 valence electrons. The number of carbonyl (C=O) groups excluding carboxylic acids is 3. The highest BCUT2D eigenvalue weighted by atomic mass is 31.2. The van der Waals surface area contributed by atoms with E-state index in [-0.39, 0.29) is 11.8 Å². The normalized spacial score (nSPS) is 15.9. The Balaban J connectivity index is 2.47. The first-order valence-electron chi connectivity index (χ1n) is 9.70. The third kappa shape index (κ3) is 9.62. The van der Waals surface area contributed by atoms with Crippen LogP contribution in [0.4, 0.5) is 4.79 Å². The second-order valence-corrected chi connectivity index (χ2v) is 9.94. The van der Waals surface area contributed by atoms with Crippen molar-refractivity contribution in [3.63, 3.8) is 0 Å². The standard InChI is InChI=1S/C19H32NO7P/c1-13(2)17(22)26-18(14(3)4)27-19(23)20-10-16(21)12-28(24,25)11-15-8-6-5-7-9-15/h11,13-14,18,24-25H,5-10,12H2,1-4H3/p+1/t18-/m0/s1. The Morgan fingerprint density at radius 1 is 1.07 bits per heavy atom. The van der Waals surface area contributed by atoms with E-state index in [0.29, 0.717) is 0 Å². The van der Waals surface area contributed by atoms with E-state index in [1.54, 1.807) is 27.7 Å². The summed E-state index contributed by atoms with van der Waals surface area (Å²) in [6.45, 7) is 6.39. The fourth-order valence-corrected chi connectivity index (χ4v) is 4.22. The van der Waals surface area contributed by atoms with E-state index in [2.05, 4.69) is 5.32 Å². The van der Waals surface area contributed by atoms with Crippen LogP contribution in [0.15, 0.2) is 11.4 Å². The molecule has 1 saturated carbocycles. The van der Waals surface area contributed by atoms with E-state index < -0.39 is 44.6 Å². The molecule has 0 spiro atoms. The summed E-state index contributed by atoms with van der Waals surface area (Å²) in [5.74, 6) is -0.182. The monoisotopic (exact) mass is 418 g/mol. The lowest BCUT2D eigenvalue weighted by atomic mass is 9.96. The molecule has 0 heterocycles. The molecule has 1 amide bonds. The summed E-state index contributed by atoms with van der Waals surface area (Å²) >= 11 is 0. The van der Waals surface area contributed by atoms with Gasteiger partial charge in [-0.2, -0.15) is 0 Å². The van der Waals surface area contributed by atoms with E-state index in [0.717, 1.165) is 37.7 Å². The third-order valence-corrected chi connectivity index (χ3v) is 5.79. The Morgan fingerprint density at radius 3 is 2.21 bits per heavy atom. The molecule has 0 radical (unpaired) electrons. The van der Waals surface area contributed by atoms with Gasteiger partial charge in [0.15, 0.2) is 11.9 Å². The average Bonchev–Trinajstić information content (AvgIpc) is 2.59. The molecule has 1 aliphatic rings. The van der Waals surface area contributed by atoms with E-state index in [1.165, 1.54) is 5.82 Å². The Bertz CT molecular complexity index is 579. The van der Waals surface area contributed by atoms with Crippen molar-refractivity contribution in [1.82, 2.24) is 5.32 Å². The van der Waals surface area contributed by atoms with Gasteiger partial charge in [0, 0.05) is 5.92 Å². The largest absolute Gasteiger partial charge is 0.425 e. The number of carbonyl (C=O) groups is 3. The van der Waals surface area contributed by atoms with Gasteiger partial charge in [-0.1, -0.05) is 34.1 Å². The van der Waals surface area contributed by atoms with Gasteiger partial charge in [0.05, 0.1) is 12.5 Å². The molecule has 1 rings (SSSR count). The number of esters is 1. The smallest absolute Gasteiger partial charge is 0.410 e. The van der Waals surface area contributed by atoms with Gasteiger partial charge in [-0.05, 0) is 31.3 Å². The predicted octanol–water partition coefficient (Wildman–Crippen LogP) is 3.14. The molecule has 0 aliphatic heterocycles. The van der Waals surface area contributed by atoms with Crippen LogP contribution in [0.2, 0.25) is 0 Å². The van der Waals surface area contributed by atoms with Gasteiger partial charge in [-0.15, -0.1) is 0 Å². The molecular weight excluding hydrogens is 385 g/mol. The van der Waals surface area contributed by atoms with Gasteiger partial charge >= 0.3 is 12.1 Å². The number of nitrogens with one attached hydrogen (secondary N) is 1. The number of ketones is 1. The van der Waals surface area contributed by atoms with Gasteiger partial charge in [0.1, 0.15) is 5.82 Å². The molecule has 0 aromatic rings. The molecule has 1 atom stereocenters. The van der Waals surface area contributed by atoms with Gasteiger partial charge in [0.25, 0.3) is 14.0 Å². The van der Waals surface area contributed by atoms with Crippen LogP contribution in [0.1, 0.15) is 59.8 Å². The fourth-order valence-electron chi connectivity index (χ4n) is 2.65. The van der Waals surface area contributed by atoms with Crippen LogP contribution in [0, 0.1) is 11.8 Å². The molecule has 3 N–H and O–H groups in total. The highest BCUT2D eigenvalue weighted by Gasteiger charge is 2.35. The summed E-state index contributed by atoms with van der Waals surface area (Å²) in [6, 6.07) is 0. The summed E-state index contributed by atoms with van der Waals surface area (Å²) in [4.78, 5) is 55.9. The van der Waals surface area contributed by atoms with Crippen molar-refractivity contribution in [3.05, 3.63) is 11.4 Å². The summed E-state index contributed by atoms with van der Waals surface area (Å²) in [6.07, 6.45) is 2.43. The topological polar surface area (TPSA) is 122 Å². The number of hydrogen-bond acceptors (Lipinski definition) is 7. The van der Waals surface area contributed by atoms with Gasteiger partial charge in [0.2, 0.25) is 0 Å². The summed E-state index contributed by atoms with van der Waals surface area (Å²) < 4.78 is 10.2. The zero-order valence-corrected chi connectivity index (χ0v) is 18.0. The van der Waals surface area contributed by atoms with Crippen molar-refractivity contribution in [2.75, 3.05) is 12.7 Å². The second kappa shape index (κ2) is 11.5. The molecule has 0 aromatic heterocycles. The van der Waals surface area contributed by atoms with Crippen LogP contribution in [-0.4, -0.2) is 46.6 Å². The summed E-state index contributed by atoms with van der Waals surface area (Å²) in [5, 5.41) is 2.27. The first-order chi connectivity index (χ1) is 13.0. The molecule has 0 saturated heterocycles. The van der Waals surface area contributed by atoms with Crippen LogP contribution < -0.4 is 5.32 Å². The van der Waals surface area contributed by atoms with Crippen molar-refractivity contribution < 1.29 is 33.6 Å². The fraction of sp³-hybridized carbons (Fsp3) is 0.737. The van der Waals surface area contributed by atoms with Crippen LogP contribution in [0.5, 0.6) is 0 Å².